The third kappa shape index (κ3) is 4.73. The highest BCUT2D eigenvalue weighted by Gasteiger charge is 2.22. The van der Waals surface area contributed by atoms with Crippen molar-refractivity contribution in [2.24, 2.45) is 0 Å². The number of hydrogen-bond donors (Lipinski definition) is 2. The average molecular weight is 324 g/mol. The van der Waals surface area contributed by atoms with E-state index in [4.69, 9.17) is 9.47 Å². The van der Waals surface area contributed by atoms with E-state index in [9.17, 15) is 5.11 Å². The zero-order chi connectivity index (χ0) is 16.1. The van der Waals surface area contributed by atoms with E-state index in [-0.39, 0.29) is 6.10 Å². The predicted octanol–water partition coefficient (Wildman–Crippen LogP) is 0.301. The molecule has 3 heterocycles. The molecule has 0 radical (unpaired) electrons. The monoisotopic (exact) mass is 324 g/mol. The first-order valence-corrected chi connectivity index (χ1v) is 8.78. The molecule has 1 saturated heterocycles. The van der Waals surface area contributed by atoms with Gasteiger partial charge < -0.3 is 19.9 Å². The van der Waals surface area contributed by atoms with Crippen LogP contribution in [0.4, 0.5) is 0 Å². The molecule has 0 bridgehead atoms. The summed E-state index contributed by atoms with van der Waals surface area (Å²) in [6.07, 6.45) is 4.76. The van der Waals surface area contributed by atoms with E-state index < -0.39 is 6.10 Å². The van der Waals surface area contributed by atoms with Gasteiger partial charge in [0.05, 0.1) is 32.0 Å². The van der Waals surface area contributed by atoms with Crippen molar-refractivity contribution >= 4 is 0 Å². The van der Waals surface area contributed by atoms with Gasteiger partial charge in [-0.15, -0.1) is 0 Å². The Balaban J connectivity index is 1.33. The maximum absolute atomic E-state index is 10.0. The van der Waals surface area contributed by atoms with Gasteiger partial charge in [0.15, 0.2) is 5.82 Å². The van der Waals surface area contributed by atoms with Crippen molar-refractivity contribution in [1.29, 1.82) is 0 Å². The Morgan fingerprint density at radius 3 is 3.17 bits per heavy atom. The molecule has 0 aromatic carbocycles. The summed E-state index contributed by atoms with van der Waals surface area (Å²) in [5.41, 5.74) is 0. The number of hydrogen-bond acceptors (Lipinski definition) is 6. The molecule has 3 rings (SSSR count). The minimum absolute atomic E-state index is 0.215. The van der Waals surface area contributed by atoms with Crippen molar-refractivity contribution in [1.82, 2.24) is 20.1 Å². The quantitative estimate of drug-likeness (QED) is 0.716. The molecule has 0 unspecified atom stereocenters. The predicted molar refractivity (Wildman–Crippen MR) is 85.3 cm³/mol. The van der Waals surface area contributed by atoms with Gasteiger partial charge in [0.2, 0.25) is 0 Å². The van der Waals surface area contributed by atoms with E-state index in [0.29, 0.717) is 25.8 Å². The van der Waals surface area contributed by atoms with Crippen LogP contribution < -0.4 is 5.32 Å². The molecule has 2 N–H and O–H groups in total. The summed E-state index contributed by atoms with van der Waals surface area (Å²) in [6, 6.07) is 0.335. The van der Waals surface area contributed by atoms with Gasteiger partial charge in [0.1, 0.15) is 5.82 Å². The van der Waals surface area contributed by atoms with Crippen molar-refractivity contribution in [3.63, 3.8) is 0 Å². The minimum atomic E-state index is -0.486. The van der Waals surface area contributed by atoms with Crippen LogP contribution in [0.3, 0.4) is 0 Å². The number of nitrogens with zero attached hydrogens (tertiary/aromatic N) is 3. The molecule has 0 saturated carbocycles. The van der Waals surface area contributed by atoms with E-state index in [2.05, 4.69) is 22.3 Å². The number of ether oxygens (including phenoxy) is 2. The molecule has 1 fully saturated rings. The van der Waals surface area contributed by atoms with Gasteiger partial charge in [0.25, 0.3) is 0 Å². The summed E-state index contributed by atoms with van der Waals surface area (Å²) in [6.45, 7) is 5.22. The highest BCUT2D eigenvalue weighted by Crippen LogP contribution is 2.14. The van der Waals surface area contributed by atoms with Crippen LogP contribution in [0.1, 0.15) is 37.8 Å². The smallest absolute Gasteiger partial charge is 0.150 e. The lowest BCUT2D eigenvalue weighted by Crippen LogP contribution is -2.42. The van der Waals surface area contributed by atoms with Gasteiger partial charge in [-0.2, -0.15) is 5.10 Å². The number of rotatable bonds is 8. The second kappa shape index (κ2) is 8.19. The summed E-state index contributed by atoms with van der Waals surface area (Å²) in [4.78, 5) is 4.52. The fourth-order valence-electron chi connectivity index (χ4n) is 3.15. The summed E-state index contributed by atoms with van der Waals surface area (Å²) >= 11 is 0. The van der Waals surface area contributed by atoms with Crippen molar-refractivity contribution in [2.75, 3.05) is 26.4 Å². The molecule has 3 atom stereocenters. The molecule has 23 heavy (non-hydrogen) atoms. The Hall–Kier alpha value is -1.02. The van der Waals surface area contributed by atoms with Crippen LogP contribution in [-0.4, -0.2) is 64.5 Å². The van der Waals surface area contributed by atoms with Crippen LogP contribution in [0, 0.1) is 0 Å². The lowest BCUT2D eigenvalue weighted by Gasteiger charge is -2.25. The fourth-order valence-corrected chi connectivity index (χ4v) is 3.15. The molecule has 0 amide bonds. The molecule has 0 aliphatic carbocycles. The SMILES string of the molecule is CCc1nc2n(n1)C[C@H](NC[C@@H](O)COC[C@H]1CCCO1)CC2. The van der Waals surface area contributed by atoms with Crippen molar-refractivity contribution in [3.05, 3.63) is 11.6 Å². The number of nitrogens with one attached hydrogen (secondary N) is 1. The highest BCUT2D eigenvalue weighted by molar-refractivity contribution is 4.98. The Kier molecular flexibility index (Phi) is 5.99. The summed E-state index contributed by atoms with van der Waals surface area (Å²) in [5, 5.41) is 18.0. The van der Waals surface area contributed by atoms with Gasteiger partial charge in [0, 0.05) is 32.0 Å². The van der Waals surface area contributed by atoms with E-state index >= 15 is 0 Å². The third-order valence-electron chi connectivity index (χ3n) is 4.50. The second-order valence-corrected chi connectivity index (χ2v) is 6.45. The van der Waals surface area contributed by atoms with Crippen molar-refractivity contribution < 1.29 is 14.6 Å². The van der Waals surface area contributed by atoms with Crippen LogP contribution in [0.15, 0.2) is 0 Å². The summed E-state index contributed by atoms with van der Waals surface area (Å²) < 4.78 is 13.0. The van der Waals surface area contributed by atoms with Crippen molar-refractivity contribution in [3.8, 4) is 0 Å². The number of aliphatic hydroxyl groups excluding tert-OH is 1. The van der Waals surface area contributed by atoms with Gasteiger partial charge in [-0.3, -0.25) is 0 Å². The molecule has 7 heteroatoms. The number of aliphatic hydroxyl groups is 1. The first-order chi connectivity index (χ1) is 11.2. The van der Waals surface area contributed by atoms with E-state index in [1.165, 1.54) is 0 Å². The van der Waals surface area contributed by atoms with E-state index in [1.807, 2.05) is 4.68 Å². The van der Waals surface area contributed by atoms with Crippen LogP contribution in [0.25, 0.3) is 0 Å². The molecule has 130 valence electrons. The fraction of sp³-hybridized carbons (Fsp3) is 0.875. The second-order valence-electron chi connectivity index (χ2n) is 6.45. The zero-order valence-corrected chi connectivity index (χ0v) is 13.9. The van der Waals surface area contributed by atoms with Crippen LogP contribution in [0.2, 0.25) is 0 Å². The third-order valence-corrected chi connectivity index (χ3v) is 4.50. The lowest BCUT2D eigenvalue weighted by molar-refractivity contribution is -0.0171. The van der Waals surface area contributed by atoms with Crippen LogP contribution in [-0.2, 0) is 28.9 Å². The van der Waals surface area contributed by atoms with Crippen LogP contribution >= 0.6 is 0 Å². The molecule has 1 aromatic rings. The summed E-state index contributed by atoms with van der Waals surface area (Å²) in [7, 11) is 0. The molecular weight excluding hydrogens is 296 g/mol. The Morgan fingerprint density at radius 1 is 1.48 bits per heavy atom. The Morgan fingerprint density at radius 2 is 2.39 bits per heavy atom. The molecular formula is C16H28N4O3. The van der Waals surface area contributed by atoms with Gasteiger partial charge >= 0.3 is 0 Å². The first kappa shape index (κ1) is 16.8. The Bertz CT molecular complexity index is 488. The normalized spacial score (nSPS) is 25.5. The van der Waals surface area contributed by atoms with E-state index in [0.717, 1.165) is 56.9 Å². The maximum atomic E-state index is 10.0. The van der Waals surface area contributed by atoms with Crippen LogP contribution in [0.5, 0.6) is 0 Å². The molecule has 1 aromatic heterocycles. The highest BCUT2D eigenvalue weighted by atomic mass is 16.5. The number of aromatic nitrogens is 3. The van der Waals surface area contributed by atoms with Gasteiger partial charge in [-0.25, -0.2) is 9.67 Å². The summed E-state index contributed by atoms with van der Waals surface area (Å²) in [5.74, 6) is 2.00. The van der Waals surface area contributed by atoms with Gasteiger partial charge in [-0.05, 0) is 19.3 Å². The standard InChI is InChI=1S/C16H28N4O3/c1-2-15-18-16-6-5-12(9-20(16)19-15)17-8-13(21)10-22-11-14-4-3-7-23-14/h12-14,17,21H,2-11H2,1H3/t12-,13-,14-/m1/s1. The van der Waals surface area contributed by atoms with E-state index in [1.54, 1.807) is 0 Å². The number of fused-ring (bicyclic) bond motifs is 1. The van der Waals surface area contributed by atoms with Crippen molar-refractivity contribution in [2.45, 2.75) is 63.8 Å². The molecule has 2 aliphatic heterocycles. The van der Waals surface area contributed by atoms with Gasteiger partial charge in [-0.1, -0.05) is 6.92 Å². The molecule has 7 nitrogen and oxygen atoms in total. The largest absolute Gasteiger partial charge is 0.389 e. The number of aryl methyl sites for hydroxylation is 2. The molecule has 2 aliphatic rings. The zero-order valence-electron chi connectivity index (χ0n) is 13.9. The minimum Gasteiger partial charge on any atom is -0.389 e. The lowest BCUT2D eigenvalue weighted by atomic mass is 10.1. The first-order valence-electron chi connectivity index (χ1n) is 8.78. The topological polar surface area (TPSA) is 81.4 Å². The maximum Gasteiger partial charge on any atom is 0.150 e. The molecule has 0 spiro atoms. The Labute approximate surface area is 137 Å². The average Bonchev–Trinajstić information content (AvgIpc) is 3.21.